The van der Waals surface area contributed by atoms with Crippen LogP contribution in [0, 0.1) is 5.82 Å². The standard InChI is InChI=1S/C12H17FO3/c1-8(6-14)10-5-4-9(7-15-2)11(13)12(10)16-3/h4-5,8,14H,6-7H2,1-3H3. The summed E-state index contributed by atoms with van der Waals surface area (Å²) in [5.74, 6) is -0.376. The molecule has 0 fully saturated rings. The summed E-state index contributed by atoms with van der Waals surface area (Å²) in [5.41, 5.74) is 1.12. The minimum atomic E-state index is -0.415. The first-order chi connectivity index (χ1) is 7.65. The molecule has 0 saturated carbocycles. The molecule has 3 nitrogen and oxygen atoms in total. The van der Waals surface area contributed by atoms with Crippen LogP contribution >= 0.6 is 0 Å². The van der Waals surface area contributed by atoms with E-state index in [0.29, 0.717) is 11.1 Å². The monoisotopic (exact) mass is 228 g/mol. The largest absolute Gasteiger partial charge is 0.493 e. The number of rotatable bonds is 5. The van der Waals surface area contributed by atoms with Crippen LogP contribution in [0.25, 0.3) is 0 Å². The minimum Gasteiger partial charge on any atom is -0.493 e. The summed E-state index contributed by atoms with van der Waals surface area (Å²) in [6, 6.07) is 3.42. The molecule has 1 atom stereocenters. The highest BCUT2D eigenvalue weighted by molar-refractivity contribution is 5.41. The Balaban J connectivity index is 3.18. The van der Waals surface area contributed by atoms with E-state index in [9.17, 15) is 4.39 Å². The Morgan fingerprint density at radius 3 is 2.56 bits per heavy atom. The van der Waals surface area contributed by atoms with E-state index in [1.54, 1.807) is 12.1 Å². The van der Waals surface area contributed by atoms with Crippen molar-refractivity contribution in [2.45, 2.75) is 19.4 Å². The Bertz CT molecular complexity index is 352. The van der Waals surface area contributed by atoms with Crippen molar-refractivity contribution in [1.29, 1.82) is 0 Å². The minimum absolute atomic E-state index is 0.0422. The molecule has 16 heavy (non-hydrogen) atoms. The number of halogens is 1. The van der Waals surface area contributed by atoms with Gasteiger partial charge in [0.25, 0.3) is 0 Å². The lowest BCUT2D eigenvalue weighted by Crippen LogP contribution is -2.06. The van der Waals surface area contributed by atoms with Gasteiger partial charge in [0.15, 0.2) is 11.6 Å². The van der Waals surface area contributed by atoms with Crippen LogP contribution in [0.1, 0.15) is 24.0 Å². The van der Waals surface area contributed by atoms with Crippen LogP contribution in [0.3, 0.4) is 0 Å². The molecular weight excluding hydrogens is 211 g/mol. The highest BCUT2D eigenvalue weighted by Crippen LogP contribution is 2.31. The molecule has 0 amide bonds. The second kappa shape index (κ2) is 5.82. The van der Waals surface area contributed by atoms with Gasteiger partial charge in [-0.3, -0.25) is 0 Å². The second-order valence-electron chi connectivity index (χ2n) is 3.68. The topological polar surface area (TPSA) is 38.7 Å². The van der Waals surface area contributed by atoms with Gasteiger partial charge in [-0.2, -0.15) is 0 Å². The van der Waals surface area contributed by atoms with Gasteiger partial charge in [-0.15, -0.1) is 0 Å². The van der Waals surface area contributed by atoms with Gasteiger partial charge in [0.05, 0.1) is 13.7 Å². The van der Waals surface area contributed by atoms with Gasteiger partial charge < -0.3 is 14.6 Å². The van der Waals surface area contributed by atoms with E-state index in [2.05, 4.69) is 0 Å². The van der Waals surface area contributed by atoms with Gasteiger partial charge in [0, 0.05) is 30.8 Å². The number of aliphatic hydroxyl groups is 1. The Morgan fingerprint density at radius 2 is 2.06 bits per heavy atom. The SMILES string of the molecule is COCc1ccc(C(C)CO)c(OC)c1F. The highest BCUT2D eigenvalue weighted by Gasteiger charge is 2.17. The predicted octanol–water partition coefficient (Wildman–Crippen LogP) is 2.08. The molecule has 0 aliphatic carbocycles. The van der Waals surface area contributed by atoms with Crippen LogP contribution in [-0.4, -0.2) is 25.9 Å². The van der Waals surface area contributed by atoms with Crippen LogP contribution in [0.4, 0.5) is 4.39 Å². The van der Waals surface area contributed by atoms with Gasteiger partial charge in [-0.05, 0) is 0 Å². The van der Waals surface area contributed by atoms with Crippen LogP contribution in [-0.2, 0) is 11.3 Å². The van der Waals surface area contributed by atoms with Gasteiger partial charge in [0.2, 0.25) is 0 Å². The summed E-state index contributed by atoms with van der Waals surface area (Å²) in [7, 11) is 2.93. The Hall–Kier alpha value is -1.13. The zero-order valence-corrected chi connectivity index (χ0v) is 9.79. The van der Waals surface area contributed by atoms with Crippen molar-refractivity contribution < 1.29 is 19.0 Å². The fraction of sp³-hybridized carbons (Fsp3) is 0.500. The molecular formula is C12H17FO3. The quantitative estimate of drug-likeness (QED) is 0.838. The average Bonchev–Trinajstić information content (AvgIpc) is 2.30. The van der Waals surface area contributed by atoms with E-state index in [-0.39, 0.29) is 24.9 Å². The van der Waals surface area contributed by atoms with E-state index < -0.39 is 5.82 Å². The third-order valence-corrected chi connectivity index (χ3v) is 2.52. The predicted molar refractivity (Wildman–Crippen MR) is 59.2 cm³/mol. The lowest BCUT2D eigenvalue weighted by molar-refractivity contribution is 0.180. The van der Waals surface area contributed by atoms with Crippen LogP contribution in [0.2, 0.25) is 0 Å². The van der Waals surface area contributed by atoms with Crippen molar-refractivity contribution in [3.8, 4) is 5.75 Å². The zero-order valence-electron chi connectivity index (χ0n) is 9.79. The zero-order chi connectivity index (χ0) is 12.1. The van der Waals surface area contributed by atoms with Crippen LogP contribution < -0.4 is 4.74 Å². The fourth-order valence-corrected chi connectivity index (χ4v) is 1.57. The molecule has 0 spiro atoms. The molecule has 1 rings (SSSR count). The van der Waals surface area contributed by atoms with Crippen molar-refractivity contribution in [2.75, 3.05) is 20.8 Å². The van der Waals surface area contributed by atoms with E-state index >= 15 is 0 Å². The van der Waals surface area contributed by atoms with Crippen molar-refractivity contribution in [3.05, 3.63) is 29.1 Å². The second-order valence-corrected chi connectivity index (χ2v) is 3.68. The summed E-state index contributed by atoms with van der Waals surface area (Å²) < 4.78 is 23.9. The molecule has 0 saturated heterocycles. The molecule has 0 aliphatic heterocycles. The fourth-order valence-electron chi connectivity index (χ4n) is 1.57. The van der Waals surface area contributed by atoms with Crippen LogP contribution in [0.5, 0.6) is 5.75 Å². The number of aliphatic hydroxyl groups excluding tert-OH is 1. The molecule has 0 bridgehead atoms. The number of benzene rings is 1. The number of hydrogen-bond acceptors (Lipinski definition) is 3. The Labute approximate surface area is 94.8 Å². The Kier molecular flexibility index (Phi) is 4.71. The van der Waals surface area contributed by atoms with E-state index in [1.165, 1.54) is 14.2 Å². The lowest BCUT2D eigenvalue weighted by Gasteiger charge is -2.16. The molecule has 1 aromatic carbocycles. The third-order valence-electron chi connectivity index (χ3n) is 2.52. The molecule has 0 aliphatic rings. The highest BCUT2D eigenvalue weighted by atomic mass is 19.1. The van der Waals surface area contributed by atoms with Gasteiger partial charge >= 0.3 is 0 Å². The first-order valence-corrected chi connectivity index (χ1v) is 5.10. The lowest BCUT2D eigenvalue weighted by atomic mass is 9.99. The van der Waals surface area contributed by atoms with Crippen molar-refractivity contribution in [3.63, 3.8) is 0 Å². The number of hydrogen-bond donors (Lipinski definition) is 1. The Morgan fingerprint density at radius 1 is 1.38 bits per heavy atom. The first kappa shape index (κ1) is 12.9. The van der Waals surface area contributed by atoms with Gasteiger partial charge in [0.1, 0.15) is 0 Å². The smallest absolute Gasteiger partial charge is 0.170 e. The van der Waals surface area contributed by atoms with E-state index in [0.717, 1.165) is 0 Å². The summed E-state index contributed by atoms with van der Waals surface area (Å²) in [4.78, 5) is 0. The van der Waals surface area contributed by atoms with Gasteiger partial charge in [-0.1, -0.05) is 19.1 Å². The molecule has 0 aromatic heterocycles. The van der Waals surface area contributed by atoms with Crippen molar-refractivity contribution in [2.24, 2.45) is 0 Å². The maximum absolute atomic E-state index is 13.9. The summed E-state index contributed by atoms with van der Waals surface area (Å²) >= 11 is 0. The molecule has 4 heteroatoms. The summed E-state index contributed by atoms with van der Waals surface area (Å²) in [5, 5.41) is 9.07. The number of ether oxygens (including phenoxy) is 2. The van der Waals surface area contributed by atoms with Crippen molar-refractivity contribution in [1.82, 2.24) is 0 Å². The third kappa shape index (κ3) is 2.51. The summed E-state index contributed by atoms with van der Waals surface area (Å²) in [6.07, 6.45) is 0. The van der Waals surface area contributed by atoms with Crippen molar-refractivity contribution >= 4 is 0 Å². The maximum Gasteiger partial charge on any atom is 0.170 e. The molecule has 0 radical (unpaired) electrons. The molecule has 1 unspecified atom stereocenters. The van der Waals surface area contributed by atoms with Gasteiger partial charge in [-0.25, -0.2) is 4.39 Å². The maximum atomic E-state index is 13.9. The molecule has 90 valence electrons. The molecule has 1 aromatic rings. The normalized spacial score (nSPS) is 12.6. The first-order valence-electron chi connectivity index (χ1n) is 5.10. The van der Waals surface area contributed by atoms with E-state index in [1.807, 2.05) is 6.92 Å². The summed E-state index contributed by atoms with van der Waals surface area (Å²) in [6.45, 7) is 1.97. The molecule has 1 N–H and O–H groups in total. The average molecular weight is 228 g/mol. The van der Waals surface area contributed by atoms with E-state index in [4.69, 9.17) is 14.6 Å². The number of methoxy groups -OCH3 is 2. The van der Waals surface area contributed by atoms with Crippen LogP contribution in [0.15, 0.2) is 12.1 Å². The molecule has 0 heterocycles.